The minimum atomic E-state index is -0.258. The monoisotopic (exact) mass is 325 g/mol. The number of rotatable bonds is 3. The molecule has 0 saturated carbocycles. The molecule has 0 aliphatic rings. The molecule has 2 aromatic rings. The van der Waals surface area contributed by atoms with Gasteiger partial charge in [-0.25, -0.2) is 4.98 Å². The molecule has 2 rings (SSSR count). The molecule has 5 nitrogen and oxygen atoms in total. The molecule has 0 aliphatic carbocycles. The molecule has 7 heteroatoms. The highest BCUT2D eigenvalue weighted by Gasteiger charge is 2.11. The molecule has 0 bridgehead atoms. The number of aryl methyl sites for hydroxylation is 1. The first kappa shape index (κ1) is 12.8. The predicted molar refractivity (Wildman–Crippen MR) is 74.4 cm³/mol. The molecule has 1 heterocycles. The minimum absolute atomic E-state index is 0.234. The Hall–Kier alpha value is -1.60. The molecular weight excluding hydrogens is 318 g/mol. The van der Waals surface area contributed by atoms with Crippen molar-refractivity contribution in [2.75, 3.05) is 5.32 Å². The molecule has 0 saturated heterocycles. The van der Waals surface area contributed by atoms with Gasteiger partial charge in [-0.05, 0) is 35.9 Å². The van der Waals surface area contributed by atoms with Crippen molar-refractivity contribution in [3.8, 4) is 0 Å². The summed E-state index contributed by atoms with van der Waals surface area (Å²) in [7, 11) is 0. The van der Waals surface area contributed by atoms with Gasteiger partial charge < -0.3 is 0 Å². The molecule has 0 radical (unpaired) electrons. The summed E-state index contributed by atoms with van der Waals surface area (Å²) in [6.45, 7) is 1.85. The molecule has 1 aromatic heterocycles. The fraction of sp³-hybridized carbons (Fsp3) is 0.0909. The van der Waals surface area contributed by atoms with Crippen LogP contribution in [0.4, 0.5) is 10.1 Å². The fourth-order valence-electron chi connectivity index (χ4n) is 1.41. The smallest absolute Gasteiger partial charge is 0.257 e. The van der Waals surface area contributed by atoms with E-state index in [1.54, 1.807) is 12.1 Å². The maximum absolute atomic E-state index is 12.0. The van der Waals surface area contributed by atoms with Crippen molar-refractivity contribution in [1.29, 1.82) is 0 Å². The second-order valence-corrected chi connectivity index (χ2v) is 5.43. The van der Waals surface area contributed by atoms with Crippen molar-refractivity contribution < 1.29 is 4.79 Å². The molecule has 0 unspecified atom stereocenters. The maximum atomic E-state index is 12.0. The Morgan fingerprint density at radius 3 is 2.89 bits per heavy atom. The highest BCUT2D eigenvalue weighted by Crippen LogP contribution is 2.26. The lowest BCUT2D eigenvalue weighted by atomic mass is 10.1. The van der Waals surface area contributed by atoms with Crippen LogP contribution in [0.5, 0.6) is 0 Å². The van der Waals surface area contributed by atoms with Gasteiger partial charge in [0, 0.05) is 10.0 Å². The molecule has 0 atom stereocenters. The summed E-state index contributed by atoms with van der Waals surface area (Å²) in [6, 6.07) is 5.37. The first-order chi connectivity index (χ1) is 8.60. The van der Waals surface area contributed by atoms with E-state index in [0.29, 0.717) is 10.7 Å². The van der Waals surface area contributed by atoms with Crippen LogP contribution < -0.4 is 5.32 Å². The van der Waals surface area contributed by atoms with Crippen LogP contribution in [0.1, 0.15) is 15.9 Å². The number of carbonyl (C=O) groups is 1. The van der Waals surface area contributed by atoms with Gasteiger partial charge in [0.15, 0.2) is 10.1 Å². The predicted octanol–water partition coefficient (Wildman–Crippen LogP) is 3.86. The van der Waals surface area contributed by atoms with Gasteiger partial charge in [-0.3, -0.25) is 10.1 Å². The van der Waals surface area contributed by atoms with Gasteiger partial charge in [0.2, 0.25) is 0 Å². The summed E-state index contributed by atoms with van der Waals surface area (Å²) in [5.74, 6) is -0.258. The Morgan fingerprint density at radius 1 is 1.50 bits per heavy atom. The fourth-order valence-corrected chi connectivity index (χ4v) is 2.48. The molecule has 1 amide bonds. The molecule has 18 heavy (non-hydrogen) atoms. The quantitative estimate of drug-likeness (QED) is 0.871. The Morgan fingerprint density at radius 2 is 2.28 bits per heavy atom. The Balaban J connectivity index is 2.19. The number of amides is 1. The zero-order valence-corrected chi connectivity index (χ0v) is 11.7. The van der Waals surface area contributed by atoms with Crippen LogP contribution in [-0.2, 0) is 0 Å². The highest BCUT2D eigenvalue weighted by molar-refractivity contribution is 9.10. The van der Waals surface area contributed by atoms with Gasteiger partial charge in [-0.1, -0.05) is 27.3 Å². The SMILES string of the molecule is Cc1cc(Br)ccc1C(=O)Nc1ncc(N=O)s1. The van der Waals surface area contributed by atoms with Crippen LogP contribution >= 0.6 is 27.3 Å². The van der Waals surface area contributed by atoms with Crippen molar-refractivity contribution in [2.45, 2.75) is 6.92 Å². The summed E-state index contributed by atoms with van der Waals surface area (Å²) in [5, 5.41) is 5.97. The Kier molecular flexibility index (Phi) is 3.83. The molecule has 0 aliphatic heterocycles. The van der Waals surface area contributed by atoms with E-state index in [0.717, 1.165) is 21.4 Å². The van der Waals surface area contributed by atoms with Crippen LogP contribution in [0.15, 0.2) is 34.0 Å². The van der Waals surface area contributed by atoms with Gasteiger partial charge in [0.25, 0.3) is 5.91 Å². The number of hydrogen-bond donors (Lipinski definition) is 1. The third-order valence-electron chi connectivity index (χ3n) is 2.24. The number of carbonyl (C=O) groups excluding carboxylic acids is 1. The zero-order chi connectivity index (χ0) is 13.1. The third-order valence-corrected chi connectivity index (χ3v) is 3.52. The van der Waals surface area contributed by atoms with E-state index in [-0.39, 0.29) is 10.9 Å². The van der Waals surface area contributed by atoms with E-state index < -0.39 is 0 Å². The average molecular weight is 326 g/mol. The van der Waals surface area contributed by atoms with Gasteiger partial charge >= 0.3 is 0 Å². The van der Waals surface area contributed by atoms with Gasteiger partial charge in [0.1, 0.15) is 0 Å². The summed E-state index contributed by atoms with van der Waals surface area (Å²) < 4.78 is 0.915. The van der Waals surface area contributed by atoms with Gasteiger partial charge in [-0.2, -0.15) is 0 Å². The van der Waals surface area contributed by atoms with Gasteiger partial charge in [-0.15, -0.1) is 4.91 Å². The normalized spacial score (nSPS) is 10.1. The van der Waals surface area contributed by atoms with E-state index >= 15 is 0 Å². The van der Waals surface area contributed by atoms with Crippen molar-refractivity contribution >= 4 is 43.3 Å². The lowest BCUT2D eigenvalue weighted by Crippen LogP contribution is -2.12. The van der Waals surface area contributed by atoms with Crippen molar-refractivity contribution in [1.82, 2.24) is 4.98 Å². The number of nitrogens with zero attached hydrogens (tertiary/aromatic N) is 2. The lowest BCUT2D eigenvalue weighted by molar-refractivity contribution is 0.102. The number of nitroso groups, excluding NO2 is 1. The second kappa shape index (κ2) is 5.36. The van der Waals surface area contributed by atoms with Crippen LogP contribution in [-0.4, -0.2) is 10.9 Å². The summed E-state index contributed by atoms with van der Waals surface area (Å²) in [5.41, 5.74) is 1.42. The first-order valence-corrected chi connectivity index (χ1v) is 6.58. The van der Waals surface area contributed by atoms with E-state index in [2.05, 4.69) is 31.4 Å². The zero-order valence-electron chi connectivity index (χ0n) is 9.31. The van der Waals surface area contributed by atoms with Crippen LogP contribution in [0, 0.1) is 11.8 Å². The molecule has 1 aromatic carbocycles. The largest absolute Gasteiger partial charge is 0.298 e. The van der Waals surface area contributed by atoms with Crippen LogP contribution in [0.3, 0.4) is 0 Å². The number of aromatic nitrogens is 1. The first-order valence-electron chi connectivity index (χ1n) is 4.97. The number of benzene rings is 1. The van der Waals surface area contributed by atoms with E-state index in [4.69, 9.17) is 0 Å². The number of hydrogen-bond acceptors (Lipinski definition) is 5. The van der Waals surface area contributed by atoms with Crippen molar-refractivity contribution in [3.63, 3.8) is 0 Å². The summed E-state index contributed by atoms with van der Waals surface area (Å²) in [4.78, 5) is 26.1. The van der Waals surface area contributed by atoms with E-state index in [9.17, 15) is 9.70 Å². The minimum Gasteiger partial charge on any atom is -0.298 e. The van der Waals surface area contributed by atoms with E-state index in [1.807, 2.05) is 13.0 Å². The number of nitrogens with one attached hydrogen (secondary N) is 1. The number of thiazole rings is 1. The molecule has 92 valence electrons. The maximum Gasteiger partial charge on any atom is 0.257 e. The molecule has 1 N–H and O–H groups in total. The Labute approximate surface area is 115 Å². The van der Waals surface area contributed by atoms with E-state index in [1.165, 1.54) is 6.20 Å². The molecule has 0 fully saturated rings. The average Bonchev–Trinajstić information content (AvgIpc) is 2.76. The summed E-state index contributed by atoms with van der Waals surface area (Å²) in [6.07, 6.45) is 1.32. The van der Waals surface area contributed by atoms with Gasteiger partial charge in [0.05, 0.1) is 6.20 Å². The number of anilines is 1. The number of halogens is 1. The van der Waals surface area contributed by atoms with Crippen LogP contribution in [0.2, 0.25) is 0 Å². The Bertz CT molecular complexity index is 612. The lowest BCUT2D eigenvalue weighted by Gasteiger charge is -2.05. The van der Waals surface area contributed by atoms with Crippen molar-refractivity contribution in [3.05, 3.63) is 44.9 Å². The summed E-state index contributed by atoms with van der Waals surface area (Å²) >= 11 is 4.37. The van der Waals surface area contributed by atoms with Crippen molar-refractivity contribution in [2.24, 2.45) is 5.18 Å². The second-order valence-electron chi connectivity index (χ2n) is 3.51. The highest BCUT2D eigenvalue weighted by atomic mass is 79.9. The topological polar surface area (TPSA) is 71.4 Å². The van der Waals surface area contributed by atoms with Crippen LogP contribution in [0.25, 0.3) is 0 Å². The molecule has 0 spiro atoms. The molecular formula is C11H8BrN3O2S. The third kappa shape index (κ3) is 2.80. The standard InChI is InChI=1S/C11H8BrN3O2S/c1-6-4-7(12)2-3-8(6)10(16)14-11-13-5-9(15-17)18-11/h2-5H,1H3,(H,13,14,16).